The van der Waals surface area contributed by atoms with Gasteiger partial charge in [0.25, 0.3) is 0 Å². The third-order valence-corrected chi connectivity index (χ3v) is 7.92. The molecule has 10 nitrogen and oxygen atoms in total. The molecule has 5 atom stereocenters. The zero-order valence-corrected chi connectivity index (χ0v) is 23.0. The molecule has 39 heavy (non-hydrogen) atoms. The van der Waals surface area contributed by atoms with Gasteiger partial charge in [-0.25, -0.2) is 15.5 Å². The predicted molar refractivity (Wildman–Crippen MR) is 139 cm³/mol. The van der Waals surface area contributed by atoms with E-state index in [4.69, 9.17) is 60.7 Å². The molecule has 0 saturated carbocycles. The number of nitrogens with one attached hydrogen (secondary N) is 1. The Hall–Kier alpha value is -2.14. The summed E-state index contributed by atoms with van der Waals surface area (Å²) >= 11 is 19.5. The van der Waals surface area contributed by atoms with Gasteiger partial charge in [-0.2, -0.15) is 23.8 Å². The maximum atomic E-state index is 13.9. The lowest BCUT2D eigenvalue weighted by atomic mass is 9.90. The average Bonchev–Trinajstić information content (AvgIpc) is 3.61. The molecule has 4 heterocycles. The molecule has 17 heteroatoms. The quantitative estimate of drug-likeness (QED) is 0.273. The van der Waals surface area contributed by atoms with Gasteiger partial charge in [0.05, 0.1) is 29.2 Å². The molecule has 0 radical (unpaired) electrons. The molecule has 4 unspecified atom stereocenters. The van der Waals surface area contributed by atoms with Crippen molar-refractivity contribution in [3.05, 3.63) is 67.4 Å². The number of methoxy groups -OCH3 is 1. The van der Waals surface area contributed by atoms with E-state index in [0.717, 1.165) is 22.9 Å². The highest BCUT2D eigenvalue weighted by atomic mass is 35.5. The number of thiazole rings is 1. The van der Waals surface area contributed by atoms with Crippen LogP contribution in [0.1, 0.15) is 22.4 Å². The van der Waals surface area contributed by atoms with Gasteiger partial charge in [0, 0.05) is 29.8 Å². The zero-order chi connectivity index (χ0) is 28.1. The molecular formula is C22H21Cl3F3N7O3S. The van der Waals surface area contributed by atoms with Crippen molar-refractivity contribution in [2.24, 2.45) is 11.6 Å². The van der Waals surface area contributed by atoms with Crippen LogP contribution in [0.5, 0.6) is 0 Å². The van der Waals surface area contributed by atoms with Crippen LogP contribution in [0.15, 0.2) is 35.8 Å². The van der Waals surface area contributed by atoms with Crippen LogP contribution < -0.4 is 17.1 Å². The molecule has 3 aromatic rings. The fourth-order valence-corrected chi connectivity index (χ4v) is 5.90. The number of alkyl halides is 3. The first-order valence-corrected chi connectivity index (χ1v) is 13.3. The summed E-state index contributed by atoms with van der Waals surface area (Å²) in [7, 11) is 1.42. The summed E-state index contributed by atoms with van der Waals surface area (Å²) in [4.78, 5) is 9.84. The number of halogens is 6. The first-order chi connectivity index (χ1) is 18.5. The van der Waals surface area contributed by atoms with Crippen LogP contribution in [0, 0.1) is 0 Å². The van der Waals surface area contributed by atoms with E-state index < -0.39 is 42.2 Å². The lowest BCUT2D eigenvalue weighted by molar-refractivity contribution is -0.201. The van der Waals surface area contributed by atoms with E-state index in [2.05, 4.69) is 15.6 Å². The number of fused-ring (bicyclic) bond motifs is 1. The van der Waals surface area contributed by atoms with E-state index in [9.17, 15) is 13.2 Å². The molecule has 2 fully saturated rings. The summed E-state index contributed by atoms with van der Waals surface area (Å²) in [5.41, 5.74) is 8.12. The standard InChI is InChI=1S/C22H21Cl3F3N7O3S/c1-36-20-17(34(30)7-11(29)21-32-16(25)8-39-21)19-14(6-31-38-19)37-18(20)13-5-15(24)33-35(13)12-4-9(23)2-3-10(12)22(26,27)28/h2-5,7-8,14,17-20,31H,6,29-30H2,1H3/b11-7-/t14?,17-,18?,19?,20?/m1/s1. The Morgan fingerprint density at radius 3 is 2.72 bits per heavy atom. The van der Waals surface area contributed by atoms with Crippen molar-refractivity contribution in [1.29, 1.82) is 0 Å². The lowest BCUT2D eigenvalue weighted by Gasteiger charge is -2.45. The summed E-state index contributed by atoms with van der Waals surface area (Å²) in [6.45, 7) is 0.274. The Bertz CT molecular complexity index is 1390. The molecule has 2 aliphatic heterocycles. The normalized spacial score (nSPS) is 25.6. The lowest BCUT2D eigenvalue weighted by Crippen LogP contribution is -2.62. The highest BCUT2D eigenvalue weighted by Crippen LogP contribution is 2.42. The Labute approximate surface area is 239 Å². The minimum atomic E-state index is -4.70. The maximum absolute atomic E-state index is 13.9. The second-order valence-electron chi connectivity index (χ2n) is 8.69. The number of nitrogens with zero attached hydrogens (tertiary/aromatic N) is 4. The number of hydrogen-bond donors (Lipinski definition) is 3. The number of hydrogen-bond acceptors (Lipinski definition) is 10. The van der Waals surface area contributed by atoms with Gasteiger partial charge in [0.2, 0.25) is 0 Å². The van der Waals surface area contributed by atoms with Gasteiger partial charge in [-0.15, -0.1) is 11.3 Å². The monoisotopic (exact) mass is 625 g/mol. The number of rotatable bonds is 6. The number of ether oxygens (including phenoxy) is 2. The molecule has 1 aromatic carbocycles. The van der Waals surface area contributed by atoms with Crippen molar-refractivity contribution < 1.29 is 27.5 Å². The van der Waals surface area contributed by atoms with Gasteiger partial charge in [-0.3, -0.25) is 4.84 Å². The Kier molecular flexibility index (Phi) is 8.03. The molecule has 2 aromatic heterocycles. The smallest absolute Gasteiger partial charge is 0.395 e. The summed E-state index contributed by atoms with van der Waals surface area (Å²) in [5, 5.41) is 7.80. The fraction of sp³-hybridized carbons (Fsp3) is 0.364. The Morgan fingerprint density at radius 1 is 1.28 bits per heavy atom. The van der Waals surface area contributed by atoms with E-state index in [1.807, 2.05) is 0 Å². The molecule has 0 bridgehead atoms. The average molecular weight is 627 g/mol. The van der Waals surface area contributed by atoms with Crippen molar-refractivity contribution in [2.45, 2.75) is 36.6 Å². The van der Waals surface area contributed by atoms with Crippen molar-refractivity contribution in [3.8, 4) is 5.69 Å². The number of hydroxylamine groups is 1. The van der Waals surface area contributed by atoms with Crippen LogP contribution in [0.25, 0.3) is 11.4 Å². The minimum Gasteiger partial charge on any atom is -0.395 e. The minimum absolute atomic E-state index is 0.0644. The van der Waals surface area contributed by atoms with E-state index in [1.54, 1.807) is 5.38 Å². The van der Waals surface area contributed by atoms with E-state index in [0.29, 0.717) is 5.01 Å². The Balaban J connectivity index is 1.58. The summed E-state index contributed by atoms with van der Waals surface area (Å²) < 4.78 is 55.0. The van der Waals surface area contributed by atoms with Crippen molar-refractivity contribution >= 4 is 51.8 Å². The maximum Gasteiger partial charge on any atom is 0.418 e. The second-order valence-corrected chi connectivity index (χ2v) is 10.8. The molecular weight excluding hydrogens is 606 g/mol. The third-order valence-electron chi connectivity index (χ3n) is 6.28. The van der Waals surface area contributed by atoms with Gasteiger partial charge in [0.15, 0.2) is 5.15 Å². The largest absolute Gasteiger partial charge is 0.418 e. The van der Waals surface area contributed by atoms with Gasteiger partial charge >= 0.3 is 6.18 Å². The summed E-state index contributed by atoms with van der Waals surface area (Å²) in [6, 6.07) is 3.85. The van der Waals surface area contributed by atoms with Crippen molar-refractivity contribution in [1.82, 2.24) is 25.3 Å². The SMILES string of the molecule is COC1C(c2cc(Cl)nn2-c2cc(Cl)ccc2C(F)(F)F)OC2CNOC2[C@H]1N(N)/C=C(\N)c1nc(Cl)cs1. The van der Waals surface area contributed by atoms with Crippen LogP contribution in [0.4, 0.5) is 13.2 Å². The molecule has 2 aliphatic rings. The van der Waals surface area contributed by atoms with Crippen LogP contribution in [0.2, 0.25) is 15.3 Å². The zero-order valence-electron chi connectivity index (χ0n) is 19.9. The van der Waals surface area contributed by atoms with Crippen LogP contribution in [-0.4, -0.2) is 57.8 Å². The molecule has 210 valence electrons. The van der Waals surface area contributed by atoms with E-state index in [1.165, 1.54) is 35.7 Å². The van der Waals surface area contributed by atoms with Gasteiger partial charge < -0.3 is 20.2 Å². The number of hydrazine groups is 1. The number of benzene rings is 1. The summed E-state index contributed by atoms with van der Waals surface area (Å²) in [6.07, 6.45) is -6.32. The first kappa shape index (κ1) is 28.4. The van der Waals surface area contributed by atoms with E-state index in [-0.39, 0.29) is 39.0 Å². The number of nitrogens with two attached hydrogens (primary N) is 2. The molecule has 2 saturated heterocycles. The summed E-state index contributed by atoms with van der Waals surface area (Å²) in [5.74, 6) is 6.47. The third kappa shape index (κ3) is 5.58. The van der Waals surface area contributed by atoms with Gasteiger partial charge in [-0.1, -0.05) is 34.8 Å². The molecule has 0 amide bonds. The van der Waals surface area contributed by atoms with Crippen molar-refractivity contribution in [3.63, 3.8) is 0 Å². The second kappa shape index (κ2) is 11.0. The molecule has 0 spiro atoms. The van der Waals surface area contributed by atoms with Crippen molar-refractivity contribution in [2.75, 3.05) is 13.7 Å². The molecule has 5 rings (SSSR count). The van der Waals surface area contributed by atoms with Crippen LogP contribution in [0.3, 0.4) is 0 Å². The van der Waals surface area contributed by atoms with E-state index >= 15 is 0 Å². The van der Waals surface area contributed by atoms with Gasteiger partial charge in [0.1, 0.15) is 40.6 Å². The predicted octanol–water partition coefficient (Wildman–Crippen LogP) is 4.17. The molecule has 0 aliphatic carbocycles. The number of aromatic nitrogens is 3. The first-order valence-electron chi connectivity index (χ1n) is 11.3. The Morgan fingerprint density at radius 2 is 2.05 bits per heavy atom. The fourth-order valence-electron chi connectivity index (χ4n) is 4.68. The highest BCUT2D eigenvalue weighted by molar-refractivity contribution is 7.11. The van der Waals surface area contributed by atoms with Crippen LogP contribution >= 0.6 is 46.1 Å². The van der Waals surface area contributed by atoms with Gasteiger partial charge in [-0.05, 0) is 18.2 Å². The molecule has 5 N–H and O–H groups in total. The highest BCUT2D eigenvalue weighted by Gasteiger charge is 2.53. The topological polar surface area (TPSA) is 126 Å². The van der Waals surface area contributed by atoms with Crippen LogP contribution in [-0.2, 0) is 20.5 Å².